The predicted octanol–water partition coefficient (Wildman–Crippen LogP) is 5.02. The van der Waals surface area contributed by atoms with Gasteiger partial charge in [0, 0.05) is 30.1 Å². The quantitative estimate of drug-likeness (QED) is 0.394. The zero-order chi connectivity index (χ0) is 23.5. The number of nitrogens with zero attached hydrogens (tertiary/aromatic N) is 3. The second kappa shape index (κ2) is 9.28. The van der Waals surface area contributed by atoms with Crippen LogP contribution in [0.3, 0.4) is 0 Å². The Morgan fingerprint density at radius 1 is 0.970 bits per heavy atom. The molecule has 0 atom stereocenters. The maximum atomic E-state index is 13.2. The molecule has 1 amide bonds. The van der Waals surface area contributed by atoms with E-state index in [1.165, 1.54) is 7.11 Å². The van der Waals surface area contributed by atoms with Crippen LogP contribution in [0.2, 0.25) is 0 Å². The number of esters is 1. The zero-order valence-electron chi connectivity index (χ0n) is 19.3. The minimum atomic E-state index is -0.236. The molecule has 0 aliphatic rings. The molecule has 6 heteroatoms. The van der Waals surface area contributed by atoms with Gasteiger partial charge in [0.1, 0.15) is 0 Å². The summed E-state index contributed by atoms with van der Waals surface area (Å²) in [5.74, 6) is -0.315. The molecule has 0 radical (unpaired) electrons. The molecular formula is C27H27N3O3. The van der Waals surface area contributed by atoms with Gasteiger partial charge in [-0.3, -0.25) is 9.59 Å². The number of aromatic nitrogens is 2. The van der Waals surface area contributed by atoms with E-state index in [1.54, 1.807) is 11.9 Å². The van der Waals surface area contributed by atoms with Crippen molar-refractivity contribution in [3.05, 3.63) is 89.2 Å². The molecular weight excluding hydrogens is 414 g/mol. The van der Waals surface area contributed by atoms with Crippen molar-refractivity contribution in [2.24, 2.45) is 0 Å². The molecule has 4 rings (SSSR count). The summed E-state index contributed by atoms with van der Waals surface area (Å²) in [4.78, 5) is 26.4. The van der Waals surface area contributed by atoms with Crippen LogP contribution >= 0.6 is 0 Å². The van der Waals surface area contributed by atoms with Crippen molar-refractivity contribution in [3.63, 3.8) is 0 Å². The molecule has 0 saturated heterocycles. The average molecular weight is 442 g/mol. The summed E-state index contributed by atoms with van der Waals surface area (Å²) in [6.07, 6.45) is 0.897. The van der Waals surface area contributed by atoms with Gasteiger partial charge in [0.2, 0.25) is 0 Å². The number of fused-ring (bicyclic) bond motifs is 1. The Kier molecular flexibility index (Phi) is 6.27. The zero-order valence-corrected chi connectivity index (χ0v) is 19.3. The van der Waals surface area contributed by atoms with Gasteiger partial charge in [-0.15, -0.1) is 0 Å². The summed E-state index contributed by atoms with van der Waals surface area (Å²) in [5, 5.41) is 6.78. The molecule has 0 unspecified atom stereocenters. The van der Waals surface area contributed by atoms with Crippen LogP contribution < -0.4 is 4.90 Å². The smallest absolute Gasteiger partial charge is 0.305 e. The average Bonchev–Trinajstić information content (AvgIpc) is 3.14. The largest absolute Gasteiger partial charge is 0.469 e. The van der Waals surface area contributed by atoms with Gasteiger partial charge in [0.25, 0.3) is 5.91 Å². The number of hydrogen-bond donors (Lipinski definition) is 0. The van der Waals surface area contributed by atoms with E-state index >= 15 is 0 Å². The van der Waals surface area contributed by atoms with Crippen LogP contribution in [-0.4, -0.2) is 35.8 Å². The van der Waals surface area contributed by atoms with Crippen LogP contribution in [0, 0.1) is 13.8 Å². The summed E-state index contributed by atoms with van der Waals surface area (Å²) >= 11 is 0. The standard InChI is InChI=1S/C27H27N3O3/c1-18-23(16-17-26(31)33-4)19(2)30(28-18)22-14-12-21(13-15-22)27(32)29(3)25-11-7-9-20-8-5-6-10-24(20)25/h5-15H,16-17H2,1-4H3. The molecule has 33 heavy (non-hydrogen) atoms. The summed E-state index contributed by atoms with van der Waals surface area (Å²) in [6.45, 7) is 3.92. The van der Waals surface area contributed by atoms with E-state index in [1.807, 2.05) is 85.3 Å². The fourth-order valence-corrected chi connectivity index (χ4v) is 4.17. The van der Waals surface area contributed by atoms with Crippen LogP contribution in [0.15, 0.2) is 66.7 Å². The number of methoxy groups -OCH3 is 1. The van der Waals surface area contributed by atoms with Crippen molar-refractivity contribution in [3.8, 4) is 5.69 Å². The van der Waals surface area contributed by atoms with Gasteiger partial charge in [-0.2, -0.15) is 5.10 Å². The summed E-state index contributed by atoms with van der Waals surface area (Å²) in [5.41, 5.74) is 5.23. The molecule has 4 aromatic rings. The lowest BCUT2D eigenvalue weighted by Crippen LogP contribution is -2.26. The Bertz CT molecular complexity index is 1320. The Hall–Kier alpha value is -3.93. The Morgan fingerprint density at radius 2 is 1.67 bits per heavy atom. The number of rotatable bonds is 6. The number of carbonyl (C=O) groups excluding carboxylic acids is 2. The third-order valence-corrected chi connectivity index (χ3v) is 6.04. The summed E-state index contributed by atoms with van der Waals surface area (Å²) < 4.78 is 6.60. The molecule has 0 saturated carbocycles. The molecule has 0 N–H and O–H groups in total. The van der Waals surface area contributed by atoms with Gasteiger partial charge in [-0.05, 0) is 61.5 Å². The fraction of sp³-hybridized carbons (Fsp3) is 0.222. The molecule has 0 aliphatic heterocycles. The highest BCUT2D eigenvalue weighted by molar-refractivity contribution is 6.10. The van der Waals surface area contributed by atoms with Gasteiger partial charge in [0.05, 0.1) is 24.2 Å². The lowest BCUT2D eigenvalue weighted by atomic mass is 10.1. The second-order valence-corrected chi connectivity index (χ2v) is 8.05. The molecule has 0 fully saturated rings. The molecule has 0 bridgehead atoms. The number of aryl methyl sites for hydroxylation is 1. The summed E-state index contributed by atoms with van der Waals surface area (Å²) in [6, 6.07) is 21.4. The normalized spacial score (nSPS) is 10.9. The molecule has 1 aromatic heterocycles. The second-order valence-electron chi connectivity index (χ2n) is 8.05. The third kappa shape index (κ3) is 4.37. The van der Waals surface area contributed by atoms with Crippen molar-refractivity contribution in [2.45, 2.75) is 26.7 Å². The van der Waals surface area contributed by atoms with Crippen molar-refractivity contribution < 1.29 is 14.3 Å². The first-order chi connectivity index (χ1) is 15.9. The molecule has 3 aromatic carbocycles. The maximum Gasteiger partial charge on any atom is 0.305 e. The number of benzene rings is 3. The van der Waals surface area contributed by atoms with Crippen LogP contribution in [0.1, 0.15) is 33.7 Å². The van der Waals surface area contributed by atoms with Crippen LogP contribution in [-0.2, 0) is 16.0 Å². The topological polar surface area (TPSA) is 64.4 Å². The van der Waals surface area contributed by atoms with Crippen LogP contribution in [0.25, 0.3) is 16.5 Å². The number of hydrogen-bond acceptors (Lipinski definition) is 4. The predicted molar refractivity (Wildman–Crippen MR) is 130 cm³/mol. The highest BCUT2D eigenvalue weighted by atomic mass is 16.5. The van der Waals surface area contributed by atoms with Crippen LogP contribution in [0.4, 0.5) is 5.69 Å². The van der Waals surface area contributed by atoms with E-state index in [9.17, 15) is 9.59 Å². The molecule has 0 aliphatic carbocycles. The first kappa shape index (κ1) is 22.3. The highest BCUT2D eigenvalue weighted by Gasteiger charge is 2.17. The highest BCUT2D eigenvalue weighted by Crippen LogP contribution is 2.27. The van der Waals surface area contributed by atoms with Crippen molar-refractivity contribution in [2.75, 3.05) is 19.1 Å². The van der Waals surface area contributed by atoms with E-state index < -0.39 is 0 Å². The van der Waals surface area contributed by atoms with E-state index in [2.05, 4.69) is 5.10 Å². The van der Waals surface area contributed by atoms with E-state index in [0.29, 0.717) is 18.4 Å². The Balaban J connectivity index is 1.57. The minimum Gasteiger partial charge on any atom is -0.469 e. The van der Waals surface area contributed by atoms with Crippen molar-refractivity contribution >= 4 is 28.3 Å². The van der Waals surface area contributed by atoms with E-state index in [-0.39, 0.29) is 11.9 Å². The number of carbonyl (C=O) groups is 2. The number of ether oxygens (including phenoxy) is 1. The van der Waals surface area contributed by atoms with Gasteiger partial charge in [-0.1, -0.05) is 36.4 Å². The Morgan fingerprint density at radius 3 is 2.39 bits per heavy atom. The molecule has 6 nitrogen and oxygen atoms in total. The first-order valence-corrected chi connectivity index (χ1v) is 10.9. The lowest BCUT2D eigenvalue weighted by Gasteiger charge is -2.19. The van der Waals surface area contributed by atoms with Crippen LogP contribution in [0.5, 0.6) is 0 Å². The lowest BCUT2D eigenvalue weighted by molar-refractivity contribution is -0.140. The van der Waals surface area contributed by atoms with Gasteiger partial charge in [0.15, 0.2) is 0 Å². The SMILES string of the molecule is COC(=O)CCc1c(C)nn(-c2ccc(C(=O)N(C)c3cccc4ccccc34)cc2)c1C. The molecule has 0 spiro atoms. The monoisotopic (exact) mass is 441 g/mol. The first-order valence-electron chi connectivity index (χ1n) is 10.9. The van der Waals surface area contributed by atoms with Gasteiger partial charge < -0.3 is 9.64 Å². The van der Waals surface area contributed by atoms with Gasteiger partial charge in [-0.25, -0.2) is 4.68 Å². The van der Waals surface area contributed by atoms with Gasteiger partial charge >= 0.3 is 5.97 Å². The molecule has 1 heterocycles. The fourth-order valence-electron chi connectivity index (χ4n) is 4.17. The molecule has 168 valence electrons. The number of anilines is 1. The minimum absolute atomic E-state index is 0.0787. The van der Waals surface area contributed by atoms with Crippen molar-refractivity contribution in [1.29, 1.82) is 0 Å². The van der Waals surface area contributed by atoms with E-state index in [0.717, 1.165) is 39.1 Å². The van der Waals surface area contributed by atoms with E-state index in [4.69, 9.17) is 4.74 Å². The Labute approximate surface area is 193 Å². The summed E-state index contributed by atoms with van der Waals surface area (Å²) in [7, 11) is 3.19. The third-order valence-electron chi connectivity index (χ3n) is 6.04. The maximum absolute atomic E-state index is 13.2. The van der Waals surface area contributed by atoms with Crippen molar-refractivity contribution in [1.82, 2.24) is 9.78 Å². The number of amides is 1.